The molecule has 16 heavy (non-hydrogen) atoms. The number of methoxy groups -OCH3 is 1. The number of carbonyl (C=O) groups is 1. The molecule has 0 heterocycles. The van der Waals surface area contributed by atoms with Crippen molar-refractivity contribution in [1.82, 2.24) is 0 Å². The lowest BCUT2D eigenvalue weighted by molar-refractivity contribution is -0.136. The third-order valence-electron chi connectivity index (χ3n) is 4.16. The maximum atomic E-state index is 11.6. The second kappa shape index (κ2) is 4.08. The zero-order valence-corrected chi connectivity index (χ0v) is 10.2. The van der Waals surface area contributed by atoms with E-state index in [4.69, 9.17) is 4.74 Å². The fraction of sp³-hybridized carbons (Fsp3) is 0.643. The largest absolute Gasteiger partial charge is 0.466 e. The molecule has 2 heteroatoms. The number of hydrogen-bond donors (Lipinski definition) is 0. The summed E-state index contributed by atoms with van der Waals surface area (Å²) in [7, 11) is 1.46. The topological polar surface area (TPSA) is 26.3 Å². The van der Waals surface area contributed by atoms with Crippen LogP contribution in [0.25, 0.3) is 0 Å². The van der Waals surface area contributed by atoms with Crippen molar-refractivity contribution in [1.29, 1.82) is 0 Å². The van der Waals surface area contributed by atoms with Crippen molar-refractivity contribution in [3.05, 3.63) is 23.8 Å². The van der Waals surface area contributed by atoms with Crippen LogP contribution in [0.15, 0.2) is 23.8 Å². The van der Waals surface area contributed by atoms with Gasteiger partial charge in [0.05, 0.1) is 7.11 Å². The Bertz CT molecular complexity index is 354. The molecule has 2 unspecified atom stereocenters. The van der Waals surface area contributed by atoms with Crippen molar-refractivity contribution in [3.63, 3.8) is 0 Å². The molecule has 2 rings (SSSR count). The molecule has 1 saturated carbocycles. The summed E-state index contributed by atoms with van der Waals surface area (Å²) < 4.78 is 4.81. The lowest BCUT2D eigenvalue weighted by atomic mass is 9.60. The van der Waals surface area contributed by atoms with Crippen LogP contribution in [0.4, 0.5) is 0 Å². The summed E-state index contributed by atoms with van der Waals surface area (Å²) >= 11 is 0. The fourth-order valence-electron chi connectivity index (χ4n) is 3.28. The van der Waals surface area contributed by atoms with E-state index in [1.165, 1.54) is 19.1 Å². The van der Waals surface area contributed by atoms with Gasteiger partial charge < -0.3 is 4.74 Å². The van der Waals surface area contributed by atoms with Crippen LogP contribution in [-0.2, 0) is 9.53 Å². The molecule has 0 N–H and O–H groups in total. The van der Waals surface area contributed by atoms with Crippen molar-refractivity contribution in [2.75, 3.05) is 7.11 Å². The summed E-state index contributed by atoms with van der Waals surface area (Å²) in [6.45, 7) is 6.44. The smallest absolute Gasteiger partial charge is 0.333 e. The van der Waals surface area contributed by atoms with E-state index in [0.29, 0.717) is 5.92 Å². The van der Waals surface area contributed by atoms with Gasteiger partial charge in [0.15, 0.2) is 0 Å². The number of allylic oxidation sites excluding steroid dienone is 2. The second-order valence-electron chi connectivity index (χ2n) is 5.27. The minimum atomic E-state index is -0.157. The first-order valence-electron chi connectivity index (χ1n) is 6.04. The maximum absolute atomic E-state index is 11.6. The number of carbonyl (C=O) groups excluding carboxylic acids is 1. The molecule has 0 radical (unpaired) electrons. The van der Waals surface area contributed by atoms with Crippen molar-refractivity contribution in [2.45, 2.75) is 39.0 Å². The predicted molar refractivity (Wildman–Crippen MR) is 63.9 cm³/mol. The Kier molecular flexibility index (Phi) is 2.92. The molecular weight excluding hydrogens is 200 g/mol. The highest BCUT2D eigenvalue weighted by atomic mass is 16.5. The van der Waals surface area contributed by atoms with Crippen molar-refractivity contribution in [2.24, 2.45) is 11.3 Å². The van der Waals surface area contributed by atoms with E-state index in [1.807, 2.05) is 0 Å². The van der Waals surface area contributed by atoms with Crippen molar-refractivity contribution >= 4 is 5.97 Å². The van der Waals surface area contributed by atoms with Gasteiger partial charge in [0.25, 0.3) is 0 Å². The first-order chi connectivity index (χ1) is 7.57. The van der Waals surface area contributed by atoms with E-state index in [1.54, 1.807) is 0 Å². The van der Waals surface area contributed by atoms with E-state index in [2.05, 4.69) is 19.6 Å². The van der Waals surface area contributed by atoms with Crippen LogP contribution >= 0.6 is 0 Å². The highest BCUT2D eigenvalue weighted by molar-refractivity contribution is 5.88. The maximum Gasteiger partial charge on any atom is 0.333 e. The monoisotopic (exact) mass is 220 g/mol. The molecule has 2 aliphatic rings. The lowest BCUT2D eigenvalue weighted by Gasteiger charge is -2.44. The Morgan fingerprint density at radius 1 is 1.56 bits per heavy atom. The van der Waals surface area contributed by atoms with Gasteiger partial charge in [-0.15, -0.1) is 0 Å². The average molecular weight is 220 g/mol. The Labute approximate surface area is 97.4 Å². The number of hydrogen-bond acceptors (Lipinski definition) is 2. The Hall–Kier alpha value is -1.05. The van der Waals surface area contributed by atoms with E-state index in [9.17, 15) is 4.79 Å². The van der Waals surface area contributed by atoms with Crippen LogP contribution in [0.1, 0.15) is 39.0 Å². The second-order valence-corrected chi connectivity index (χ2v) is 5.27. The van der Waals surface area contributed by atoms with Gasteiger partial charge in [-0.1, -0.05) is 25.2 Å². The number of esters is 1. The lowest BCUT2D eigenvalue weighted by Crippen LogP contribution is -2.34. The SMILES string of the molecule is C=C1CCCC2(C)C=C(C(=O)OC)CCC12. The minimum Gasteiger partial charge on any atom is -0.466 e. The Balaban J connectivity index is 2.28. The summed E-state index contributed by atoms with van der Waals surface area (Å²) in [4.78, 5) is 11.6. The fourth-order valence-corrected chi connectivity index (χ4v) is 3.28. The van der Waals surface area contributed by atoms with Gasteiger partial charge in [-0.25, -0.2) is 4.79 Å². The van der Waals surface area contributed by atoms with Crippen molar-refractivity contribution in [3.8, 4) is 0 Å². The quantitative estimate of drug-likeness (QED) is 0.501. The van der Waals surface area contributed by atoms with Crippen LogP contribution < -0.4 is 0 Å². The van der Waals surface area contributed by atoms with Gasteiger partial charge in [0.2, 0.25) is 0 Å². The first-order valence-corrected chi connectivity index (χ1v) is 6.04. The summed E-state index contributed by atoms with van der Waals surface area (Å²) in [6, 6.07) is 0. The third kappa shape index (κ3) is 1.81. The molecule has 0 aromatic rings. The molecule has 0 aromatic carbocycles. The summed E-state index contributed by atoms with van der Waals surface area (Å²) in [6.07, 6.45) is 7.55. The molecule has 1 fully saturated rings. The first kappa shape index (κ1) is 11.4. The third-order valence-corrected chi connectivity index (χ3v) is 4.16. The van der Waals surface area contributed by atoms with Gasteiger partial charge in [0, 0.05) is 5.57 Å². The van der Waals surface area contributed by atoms with Crippen LogP contribution in [-0.4, -0.2) is 13.1 Å². The van der Waals surface area contributed by atoms with E-state index >= 15 is 0 Å². The van der Waals surface area contributed by atoms with Crippen LogP contribution in [0.5, 0.6) is 0 Å². The standard InChI is InChI=1S/C14H20O2/c1-10-5-4-8-14(2)9-11(13(15)16-3)6-7-12(10)14/h9,12H,1,4-8H2,2-3H3. The molecule has 0 amide bonds. The Morgan fingerprint density at radius 3 is 3.00 bits per heavy atom. The minimum absolute atomic E-state index is 0.136. The zero-order chi connectivity index (χ0) is 11.8. The van der Waals surface area contributed by atoms with Crippen LogP contribution in [0, 0.1) is 11.3 Å². The molecule has 0 bridgehead atoms. The van der Waals surface area contributed by atoms with Gasteiger partial charge in [-0.2, -0.15) is 0 Å². The number of fused-ring (bicyclic) bond motifs is 1. The summed E-state index contributed by atoms with van der Waals surface area (Å²) in [5.41, 5.74) is 2.36. The van der Waals surface area contributed by atoms with Crippen LogP contribution in [0.2, 0.25) is 0 Å². The highest BCUT2D eigenvalue weighted by Crippen LogP contribution is 2.50. The van der Waals surface area contributed by atoms with Gasteiger partial charge in [-0.3, -0.25) is 0 Å². The average Bonchev–Trinajstić information content (AvgIpc) is 2.27. The number of ether oxygens (including phenoxy) is 1. The highest BCUT2D eigenvalue weighted by Gasteiger charge is 2.40. The molecular formula is C14H20O2. The molecule has 0 spiro atoms. The van der Waals surface area contributed by atoms with E-state index < -0.39 is 0 Å². The van der Waals surface area contributed by atoms with Crippen molar-refractivity contribution < 1.29 is 9.53 Å². The van der Waals surface area contributed by atoms with Gasteiger partial charge >= 0.3 is 5.97 Å². The predicted octanol–water partition coefficient (Wildman–Crippen LogP) is 3.24. The molecule has 0 saturated heterocycles. The van der Waals surface area contributed by atoms with Gasteiger partial charge in [-0.05, 0) is 43.4 Å². The van der Waals surface area contributed by atoms with Crippen LogP contribution in [0.3, 0.4) is 0 Å². The van der Waals surface area contributed by atoms with Gasteiger partial charge in [0.1, 0.15) is 0 Å². The molecule has 2 nitrogen and oxygen atoms in total. The van der Waals surface area contributed by atoms with E-state index in [-0.39, 0.29) is 11.4 Å². The molecule has 0 aliphatic heterocycles. The molecule has 2 aliphatic carbocycles. The number of rotatable bonds is 1. The zero-order valence-electron chi connectivity index (χ0n) is 10.2. The molecule has 0 aromatic heterocycles. The van der Waals surface area contributed by atoms with E-state index in [0.717, 1.165) is 31.3 Å². The summed E-state index contributed by atoms with van der Waals surface area (Å²) in [5.74, 6) is 0.408. The normalized spacial score (nSPS) is 34.0. The molecule has 2 atom stereocenters. The summed E-state index contributed by atoms with van der Waals surface area (Å²) in [5, 5.41) is 0. The molecule has 88 valence electrons. The Morgan fingerprint density at radius 2 is 2.31 bits per heavy atom.